The number of hydrogen-bond acceptors (Lipinski definition) is 4. The van der Waals surface area contributed by atoms with E-state index in [0.29, 0.717) is 12.6 Å². The number of aromatic nitrogens is 1. The van der Waals surface area contributed by atoms with Crippen LogP contribution in [0, 0.1) is 0 Å². The summed E-state index contributed by atoms with van der Waals surface area (Å²) in [7, 11) is 0. The van der Waals surface area contributed by atoms with E-state index in [4.69, 9.17) is 4.74 Å². The van der Waals surface area contributed by atoms with E-state index in [2.05, 4.69) is 57.2 Å². The van der Waals surface area contributed by atoms with Crippen molar-refractivity contribution in [3.63, 3.8) is 0 Å². The standard InChI is InChI=1S/C24H31N3O2/c1-2-29-23-9-7-19(8-10-23)16-27-13-12-26(18-22(27)11-14-28)17-21-15-20-5-3-4-6-24(20)25-21/h3-10,15,22,25,28H,2,11-14,16-18H2,1H3/t22-/m1/s1. The summed E-state index contributed by atoms with van der Waals surface area (Å²) >= 11 is 0. The largest absolute Gasteiger partial charge is 0.494 e. The van der Waals surface area contributed by atoms with Crippen molar-refractivity contribution < 1.29 is 9.84 Å². The summed E-state index contributed by atoms with van der Waals surface area (Å²) in [5, 5.41) is 10.9. The Balaban J connectivity index is 1.38. The van der Waals surface area contributed by atoms with Crippen LogP contribution in [0.2, 0.25) is 0 Å². The Morgan fingerprint density at radius 3 is 2.66 bits per heavy atom. The molecule has 0 spiro atoms. The number of ether oxygens (including phenoxy) is 1. The number of aromatic amines is 1. The second-order valence-corrected chi connectivity index (χ2v) is 7.83. The van der Waals surface area contributed by atoms with E-state index in [1.165, 1.54) is 22.2 Å². The lowest BCUT2D eigenvalue weighted by atomic mass is 10.1. The molecule has 1 aliphatic heterocycles. The van der Waals surface area contributed by atoms with Crippen LogP contribution in [0.15, 0.2) is 54.6 Å². The number of fused-ring (bicyclic) bond motifs is 1. The summed E-state index contributed by atoms with van der Waals surface area (Å²) in [6, 6.07) is 19.4. The first kappa shape index (κ1) is 20.0. The van der Waals surface area contributed by atoms with Crippen molar-refractivity contribution in [2.45, 2.75) is 32.5 Å². The molecule has 2 aromatic carbocycles. The molecule has 5 nitrogen and oxygen atoms in total. The van der Waals surface area contributed by atoms with Gasteiger partial charge in [0.2, 0.25) is 0 Å². The zero-order chi connectivity index (χ0) is 20.1. The van der Waals surface area contributed by atoms with Crippen molar-refractivity contribution in [2.24, 2.45) is 0 Å². The van der Waals surface area contributed by atoms with Gasteiger partial charge in [0, 0.05) is 56.6 Å². The quantitative estimate of drug-likeness (QED) is 0.614. The van der Waals surface area contributed by atoms with Gasteiger partial charge in [-0.3, -0.25) is 9.80 Å². The van der Waals surface area contributed by atoms with Gasteiger partial charge >= 0.3 is 0 Å². The van der Waals surface area contributed by atoms with Crippen LogP contribution in [-0.4, -0.2) is 58.8 Å². The third kappa shape index (κ3) is 4.99. The lowest BCUT2D eigenvalue weighted by Gasteiger charge is -2.41. The van der Waals surface area contributed by atoms with E-state index < -0.39 is 0 Å². The molecule has 0 radical (unpaired) electrons. The number of H-pyrrole nitrogens is 1. The summed E-state index contributed by atoms with van der Waals surface area (Å²) in [5.41, 5.74) is 3.75. The van der Waals surface area contributed by atoms with Crippen LogP contribution < -0.4 is 4.74 Å². The topological polar surface area (TPSA) is 51.7 Å². The molecule has 1 aromatic heterocycles. The minimum Gasteiger partial charge on any atom is -0.494 e. The third-order valence-corrected chi connectivity index (χ3v) is 5.75. The maximum Gasteiger partial charge on any atom is 0.119 e. The second kappa shape index (κ2) is 9.44. The van der Waals surface area contributed by atoms with Crippen LogP contribution in [0.1, 0.15) is 24.6 Å². The van der Waals surface area contributed by atoms with Gasteiger partial charge in [-0.15, -0.1) is 0 Å². The van der Waals surface area contributed by atoms with Crippen molar-refractivity contribution in [1.82, 2.24) is 14.8 Å². The molecular formula is C24H31N3O2. The molecule has 2 heterocycles. The minimum absolute atomic E-state index is 0.227. The number of aliphatic hydroxyl groups is 1. The van der Waals surface area contributed by atoms with E-state index in [-0.39, 0.29) is 6.61 Å². The molecule has 0 bridgehead atoms. The number of hydrogen-bond donors (Lipinski definition) is 2. The Labute approximate surface area is 172 Å². The highest BCUT2D eigenvalue weighted by molar-refractivity contribution is 5.80. The van der Waals surface area contributed by atoms with Gasteiger partial charge in [0.05, 0.1) is 6.61 Å². The first-order valence-electron chi connectivity index (χ1n) is 10.6. The monoisotopic (exact) mass is 393 g/mol. The number of nitrogens with zero attached hydrogens (tertiary/aromatic N) is 2. The minimum atomic E-state index is 0.227. The number of rotatable bonds is 8. The van der Waals surface area contributed by atoms with Crippen LogP contribution in [0.4, 0.5) is 0 Å². The molecule has 5 heteroatoms. The predicted octanol–water partition coefficient (Wildman–Crippen LogP) is 3.64. The molecule has 0 unspecified atom stereocenters. The van der Waals surface area contributed by atoms with Gasteiger partial charge in [-0.2, -0.15) is 0 Å². The Morgan fingerprint density at radius 2 is 1.90 bits per heavy atom. The molecule has 1 saturated heterocycles. The Bertz CT molecular complexity index is 873. The maximum atomic E-state index is 9.60. The van der Waals surface area contributed by atoms with Crippen molar-refractivity contribution in [2.75, 3.05) is 32.8 Å². The summed E-state index contributed by atoms with van der Waals surface area (Å²) < 4.78 is 5.55. The predicted molar refractivity (Wildman–Crippen MR) is 117 cm³/mol. The number of para-hydroxylation sites is 1. The average Bonchev–Trinajstić information content (AvgIpc) is 3.14. The number of nitrogens with one attached hydrogen (secondary N) is 1. The molecule has 0 aliphatic carbocycles. The van der Waals surface area contributed by atoms with Gasteiger partial charge in [0.1, 0.15) is 5.75 Å². The average molecular weight is 394 g/mol. The van der Waals surface area contributed by atoms with Crippen LogP contribution in [-0.2, 0) is 13.1 Å². The van der Waals surface area contributed by atoms with Gasteiger partial charge in [0.25, 0.3) is 0 Å². The van der Waals surface area contributed by atoms with E-state index >= 15 is 0 Å². The first-order chi connectivity index (χ1) is 14.2. The normalized spacial score (nSPS) is 18.3. The molecule has 29 heavy (non-hydrogen) atoms. The van der Waals surface area contributed by atoms with Crippen LogP contribution in [0.5, 0.6) is 5.75 Å². The molecule has 4 rings (SSSR count). The van der Waals surface area contributed by atoms with Crippen LogP contribution in [0.3, 0.4) is 0 Å². The summed E-state index contributed by atoms with van der Waals surface area (Å²) in [4.78, 5) is 8.55. The first-order valence-corrected chi connectivity index (χ1v) is 10.6. The molecule has 2 N–H and O–H groups in total. The maximum absolute atomic E-state index is 9.60. The lowest BCUT2D eigenvalue weighted by Crippen LogP contribution is -2.52. The highest BCUT2D eigenvalue weighted by Gasteiger charge is 2.27. The van der Waals surface area contributed by atoms with Gasteiger partial charge in [-0.1, -0.05) is 30.3 Å². The zero-order valence-corrected chi connectivity index (χ0v) is 17.2. The molecule has 3 aromatic rings. The lowest BCUT2D eigenvalue weighted by molar-refractivity contribution is 0.0495. The van der Waals surface area contributed by atoms with E-state index in [9.17, 15) is 5.11 Å². The van der Waals surface area contributed by atoms with Crippen LogP contribution in [0.25, 0.3) is 10.9 Å². The smallest absolute Gasteiger partial charge is 0.119 e. The molecule has 1 atom stereocenters. The fraction of sp³-hybridized carbons (Fsp3) is 0.417. The SMILES string of the molecule is CCOc1ccc(CN2CCN(Cc3cc4ccccc4[nH]3)C[C@H]2CCO)cc1. The van der Waals surface area contributed by atoms with Crippen molar-refractivity contribution in [1.29, 1.82) is 0 Å². The van der Waals surface area contributed by atoms with Gasteiger partial charge in [0.15, 0.2) is 0 Å². The van der Waals surface area contributed by atoms with Gasteiger partial charge in [-0.25, -0.2) is 0 Å². The summed E-state index contributed by atoms with van der Waals surface area (Å²) in [6.45, 7) is 7.79. The molecule has 0 saturated carbocycles. The fourth-order valence-corrected chi connectivity index (χ4v) is 4.28. The van der Waals surface area contributed by atoms with Gasteiger partial charge in [-0.05, 0) is 48.6 Å². The Hall–Kier alpha value is -2.34. The second-order valence-electron chi connectivity index (χ2n) is 7.83. The fourth-order valence-electron chi connectivity index (χ4n) is 4.28. The van der Waals surface area contributed by atoms with E-state index in [1.54, 1.807) is 0 Å². The van der Waals surface area contributed by atoms with Crippen molar-refractivity contribution in [3.05, 3.63) is 65.9 Å². The Morgan fingerprint density at radius 1 is 1.07 bits per heavy atom. The molecule has 1 aliphatic rings. The summed E-state index contributed by atoms with van der Waals surface area (Å²) in [6.07, 6.45) is 0.806. The Kier molecular flexibility index (Phi) is 6.49. The highest BCUT2D eigenvalue weighted by atomic mass is 16.5. The van der Waals surface area contributed by atoms with E-state index in [1.807, 2.05) is 19.1 Å². The van der Waals surface area contributed by atoms with Crippen LogP contribution >= 0.6 is 0 Å². The van der Waals surface area contributed by atoms with E-state index in [0.717, 1.165) is 44.9 Å². The third-order valence-electron chi connectivity index (χ3n) is 5.75. The summed E-state index contributed by atoms with van der Waals surface area (Å²) in [5.74, 6) is 0.923. The highest BCUT2D eigenvalue weighted by Crippen LogP contribution is 2.21. The number of aliphatic hydroxyl groups excluding tert-OH is 1. The molecule has 0 amide bonds. The molecule has 154 valence electrons. The number of benzene rings is 2. The molecule has 1 fully saturated rings. The van der Waals surface area contributed by atoms with Crippen molar-refractivity contribution in [3.8, 4) is 5.75 Å². The molecular weight excluding hydrogens is 362 g/mol. The zero-order valence-electron chi connectivity index (χ0n) is 17.2. The number of piperazine rings is 1. The van der Waals surface area contributed by atoms with Gasteiger partial charge < -0.3 is 14.8 Å². The van der Waals surface area contributed by atoms with Crippen molar-refractivity contribution >= 4 is 10.9 Å².